The molecule has 0 unspecified atom stereocenters. The van der Waals surface area contributed by atoms with Crippen LogP contribution in [0.1, 0.15) is 29.0 Å². The van der Waals surface area contributed by atoms with Crippen molar-refractivity contribution in [2.75, 3.05) is 6.61 Å². The summed E-state index contributed by atoms with van der Waals surface area (Å²) in [4.78, 5) is 29.4. The van der Waals surface area contributed by atoms with Gasteiger partial charge in [-0.15, -0.1) is 0 Å². The number of nitrogens with zero attached hydrogens (tertiary/aromatic N) is 3. The van der Waals surface area contributed by atoms with Gasteiger partial charge in [-0.25, -0.2) is 9.37 Å². The van der Waals surface area contributed by atoms with E-state index in [1.165, 1.54) is 22.8 Å². The van der Waals surface area contributed by atoms with Gasteiger partial charge in [0.2, 0.25) is 0 Å². The maximum Gasteiger partial charge on any atom is 0.258 e. The number of carbonyl (C=O) groups excluding carboxylic acids is 1. The summed E-state index contributed by atoms with van der Waals surface area (Å²) in [7, 11) is 1.75. The minimum atomic E-state index is -0.316. The Bertz CT molecular complexity index is 1330. The van der Waals surface area contributed by atoms with Crippen LogP contribution in [0.3, 0.4) is 0 Å². The number of imidazole rings is 1. The standard InChI is InChI=1S/C24H22FN3O4/c1-27-21-13-18(8-9-20(21)26-24(27)22(30)3-2-12-29)28-11-10-19(14-23(28)31)32-15-16-4-6-17(25)7-5-16/h4-11,13-14,29H,2-3,12,15H2,1H3. The Kier molecular flexibility index (Phi) is 6.13. The van der Waals surface area contributed by atoms with Crippen LogP contribution in [-0.4, -0.2) is 31.6 Å². The van der Waals surface area contributed by atoms with Crippen LogP contribution in [0.4, 0.5) is 4.39 Å². The summed E-state index contributed by atoms with van der Waals surface area (Å²) in [6.45, 7) is 0.171. The quantitative estimate of drug-likeness (QED) is 0.429. The highest BCUT2D eigenvalue weighted by molar-refractivity contribution is 5.96. The van der Waals surface area contributed by atoms with Gasteiger partial charge in [-0.3, -0.25) is 14.2 Å². The molecule has 2 aromatic heterocycles. The lowest BCUT2D eigenvalue weighted by Crippen LogP contribution is -2.16. The maximum absolute atomic E-state index is 13.0. The van der Waals surface area contributed by atoms with Gasteiger partial charge in [-0.1, -0.05) is 12.1 Å². The van der Waals surface area contributed by atoms with Crippen LogP contribution in [0.2, 0.25) is 0 Å². The number of hydrogen-bond donors (Lipinski definition) is 1. The number of pyridine rings is 1. The Hall–Kier alpha value is -3.78. The normalized spacial score (nSPS) is 11.1. The van der Waals surface area contributed by atoms with E-state index in [2.05, 4.69) is 4.98 Å². The van der Waals surface area contributed by atoms with Crippen molar-refractivity contribution in [2.45, 2.75) is 19.4 Å². The van der Waals surface area contributed by atoms with Crippen LogP contribution in [0.15, 0.2) is 65.6 Å². The van der Waals surface area contributed by atoms with Crippen LogP contribution in [0.25, 0.3) is 16.7 Å². The number of aliphatic hydroxyl groups is 1. The molecule has 32 heavy (non-hydrogen) atoms. The van der Waals surface area contributed by atoms with E-state index in [1.54, 1.807) is 54.2 Å². The highest BCUT2D eigenvalue weighted by atomic mass is 19.1. The van der Waals surface area contributed by atoms with Crippen molar-refractivity contribution in [3.05, 3.63) is 88.4 Å². The molecule has 2 aromatic carbocycles. The second-order valence-electron chi connectivity index (χ2n) is 7.40. The Labute approximate surface area is 183 Å². The number of ether oxygens (including phenoxy) is 1. The summed E-state index contributed by atoms with van der Waals surface area (Å²) in [6, 6.07) is 14.4. The summed E-state index contributed by atoms with van der Waals surface area (Å²) in [5.74, 6) is 0.277. The average Bonchev–Trinajstić information content (AvgIpc) is 3.13. The van der Waals surface area contributed by atoms with Crippen molar-refractivity contribution >= 4 is 16.8 Å². The molecule has 0 bridgehead atoms. The highest BCUT2D eigenvalue weighted by Gasteiger charge is 2.16. The SMILES string of the molecule is Cn1c(C(=O)CCCO)nc2ccc(-n3ccc(OCc4ccc(F)cc4)cc3=O)cc21. The largest absolute Gasteiger partial charge is 0.489 e. The van der Waals surface area contributed by atoms with Crippen molar-refractivity contribution < 1.29 is 19.0 Å². The molecule has 0 amide bonds. The number of hydrogen-bond acceptors (Lipinski definition) is 5. The number of aromatic nitrogens is 3. The first-order chi connectivity index (χ1) is 15.5. The number of carbonyl (C=O) groups is 1. The smallest absolute Gasteiger partial charge is 0.258 e. The van der Waals surface area contributed by atoms with Crippen LogP contribution in [0, 0.1) is 5.82 Å². The van der Waals surface area contributed by atoms with Crippen molar-refractivity contribution in [1.82, 2.24) is 14.1 Å². The molecule has 0 saturated heterocycles. The number of rotatable bonds is 8. The summed E-state index contributed by atoms with van der Waals surface area (Å²) in [5.41, 5.74) is 2.52. The van der Waals surface area contributed by atoms with Crippen LogP contribution < -0.4 is 10.3 Å². The third-order valence-corrected chi connectivity index (χ3v) is 5.16. The first-order valence-electron chi connectivity index (χ1n) is 10.2. The van der Waals surface area contributed by atoms with Crippen molar-refractivity contribution in [2.24, 2.45) is 7.05 Å². The van der Waals surface area contributed by atoms with Gasteiger partial charge in [0.05, 0.1) is 16.7 Å². The molecule has 2 heterocycles. The predicted octanol–water partition coefficient (Wildman–Crippen LogP) is 3.40. The summed E-state index contributed by atoms with van der Waals surface area (Å²) in [5, 5.41) is 8.95. The van der Waals surface area contributed by atoms with E-state index >= 15 is 0 Å². The van der Waals surface area contributed by atoms with Crippen molar-refractivity contribution in [1.29, 1.82) is 0 Å². The van der Waals surface area contributed by atoms with Crippen LogP contribution in [0.5, 0.6) is 5.75 Å². The van der Waals surface area contributed by atoms with E-state index in [9.17, 15) is 14.0 Å². The van der Waals surface area contributed by atoms with Crippen LogP contribution >= 0.6 is 0 Å². The maximum atomic E-state index is 13.0. The molecule has 0 aliphatic carbocycles. The number of benzene rings is 2. The molecule has 1 N–H and O–H groups in total. The van der Waals surface area contributed by atoms with Gasteiger partial charge < -0.3 is 14.4 Å². The molecule has 0 atom stereocenters. The Morgan fingerprint density at radius 3 is 2.62 bits per heavy atom. The van der Waals surface area contributed by atoms with Gasteiger partial charge >= 0.3 is 0 Å². The van der Waals surface area contributed by atoms with Gasteiger partial charge in [0.15, 0.2) is 11.6 Å². The Morgan fingerprint density at radius 2 is 1.91 bits per heavy atom. The topological polar surface area (TPSA) is 86.3 Å². The molecule has 0 fully saturated rings. The predicted molar refractivity (Wildman–Crippen MR) is 118 cm³/mol. The van der Waals surface area contributed by atoms with Gasteiger partial charge in [0.1, 0.15) is 18.2 Å². The third kappa shape index (κ3) is 4.45. The second-order valence-corrected chi connectivity index (χ2v) is 7.40. The lowest BCUT2D eigenvalue weighted by atomic mass is 10.2. The van der Waals surface area contributed by atoms with E-state index in [1.807, 2.05) is 0 Å². The number of aliphatic hydroxyl groups excluding tert-OH is 1. The fraction of sp³-hybridized carbons (Fsp3) is 0.208. The van der Waals surface area contributed by atoms with E-state index in [0.29, 0.717) is 29.2 Å². The number of ketones is 1. The first kappa shape index (κ1) is 21.5. The molecular weight excluding hydrogens is 413 g/mol. The molecule has 0 saturated carbocycles. The molecule has 0 aliphatic heterocycles. The molecule has 4 aromatic rings. The number of aryl methyl sites for hydroxylation is 1. The average molecular weight is 435 g/mol. The van der Waals surface area contributed by atoms with Crippen LogP contribution in [-0.2, 0) is 13.7 Å². The zero-order valence-electron chi connectivity index (χ0n) is 17.5. The van der Waals surface area contributed by atoms with E-state index in [4.69, 9.17) is 9.84 Å². The van der Waals surface area contributed by atoms with Gasteiger partial charge in [-0.2, -0.15) is 0 Å². The summed E-state index contributed by atoms with van der Waals surface area (Å²) in [6.07, 6.45) is 2.23. The number of Topliss-reactive ketones (excluding diaryl/α,β-unsaturated/α-hetero) is 1. The molecule has 8 heteroatoms. The molecule has 7 nitrogen and oxygen atoms in total. The molecule has 0 radical (unpaired) electrons. The Balaban J connectivity index is 1.56. The van der Waals surface area contributed by atoms with Crippen molar-refractivity contribution in [3.63, 3.8) is 0 Å². The molecular formula is C24H22FN3O4. The zero-order valence-corrected chi connectivity index (χ0v) is 17.5. The van der Waals surface area contributed by atoms with E-state index < -0.39 is 0 Å². The lowest BCUT2D eigenvalue weighted by Gasteiger charge is -2.09. The third-order valence-electron chi connectivity index (χ3n) is 5.16. The van der Waals surface area contributed by atoms with E-state index in [-0.39, 0.29) is 36.8 Å². The number of fused-ring (bicyclic) bond motifs is 1. The monoisotopic (exact) mass is 435 g/mol. The Morgan fingerprint density at radius 1 is 1.12 bits per heavy atom. The molecule has 4 rings (SSSR count). The van der Waals surface area contributed by atoms with Gasteiger partial charge in [0.25, 0.3) is 5.56 Å². The molecule has 164 valence electrons. The summed E-state index contributed by atoms with van der Waals surface area (Å²) >= 11 is 0. The molecule has 0 aliphatic rings. The number of halogens is 1. The minimum Gasteiger partial charge on any atom is -0.489 e. The fourth-order valence-corrected chi connectivity index (χ4v) is 3.44. The van der Waals surface area contributed by atoms with Gasteiger partial charge in [0, 0.05) is 32.3 Å². The second kappa shape index (κ2) is 9.15. The fourth-order valence-electron chi connectivity index (χ4n) is 3.44. The zero-order chi connectivity index (χ0) is 22.7. The lowest BCUT2D eigenvalue weighted by molar-refractivity contribution is 0.0958. The first-order valence-corrected chi connectivity index (χ1v) is 10.2. The van der Waals surface area contributed by atoms with E-state index in [0.717, 1.165) is 11.1 Å². The minimum absolute atomic E-state index is 0.0492. The highest BCUT2D eigenvalue weighted by Crippen LogP contribution is 2.20. The van der Waals surface area contributed by atoms with Crippen molar-refractivity contribution in [3.8, 4) is 11.4 Å². The molecule has 0 spiro atoms. The van der Waals surface area contributed by atoms with Gasteiger partial charge in [-0.05, 0) is 48.4 Å². The summed E-state index contributed by atoms with van der Waals surface area (Å²) < 4.78 is 21.8.